The molecule has 0 radical (unpaired) electrons. The molecule has 1 aromatic carbocycles. The molecule has 110 valence electrons. The quantitative estimate of drug-likeness (QED) is 0.938. The maximum absolute atomic E-state index is 12.4. The van der Waals surface area contributed by atoms with Crippen LogP contribution in [0.2, 0.25) is 0 Å². The molecular weight excluding hydrogens is 264 g/mol. The standard InChI is InChI=1S/C17H20N2O2/c1-12(11-20)19(3)17(21)15-9-10-16(18-13(15)2)14-7-5-4-6-8-14/h4-10,12,20H,11H2,1-3H3. The van der Waals surface area contributed by atoms with Crippen LogP contribution in [-0.4, -0.2) is 40.6 Å². The summed E-state index contributed by atoms with van der Waals surface area (Å²) in [6, 6.07) is 13.3. The van der Waals surface area contributed by atoms with Crippen LogP contribution < -0.4 is 0 Å². The molecule has 4 heteroatoms. The van der Waals surface area contributed by atoms with Crippen LogP contribution in [-0.2, 0) is 0 Å². The van der Waals surface area contributed by atoms with Gasteiger partial charge in [-0.1, -0.05) is 30.3 Å². The summed E-state index contributed by atoms with van der Waals surface area (Å²) in [4.78, 5) is 18.4. The van der Waals surface area contributed by atoms with Crippen LogP contribution in [0.15, 0.2) is 42.5 Å². The van der Waals surface area contributed by atoms with Crippen LogP contribution in [0, 0.1) is 6.92 Å². The predicted octanol–water partition coefficient (Wildman–Crippen LogP) is 2.51. The molecule has 0 aliphatic carbocycles. The predicted molar refractivity (Wildman–Crippen MR) is 83.1 cm³/mol. The van der Waals surface area contributed by atoms with Crippen molar-refractivity contribution in [1.82, 2.24) is 9.88 Å². The highest BCUT2D eigenvalue weighted by Crippen LogP contribution is 2.19. The normalized spacial score (nSPS) is 12.0. The molecule has 21 heavy (non-hydrogen) atoms. The molecule has 1 unspecified atom stereocenters. The minimum atomic E-state index is -0.217. The van der Waals surface area contributed by atoms with E-state index in [0.29, 0.717) is 11.3 Å². The van der Waals surface area contributed by atoms with E-state index in [1.54, 1.807) is 20.0 Å². The molecule has 2 aromatic rings. The van der Waals surface area contributed by atoms with Crippen molar-refractivity contribution in [3.63, 3.8) is 0 Å². The molecule has 1 atom stereocenters. The van der Waals surface area contributed by atoms with Crippen LogP contribution in [0.25, 0.3) is 11.3 Å². The second kappa shape index (κ2) is 6.50. The maximum atomic E-state index is 12.4. The van der Waals surface area contributed by atoms with E-state index in [9.17, 15) is 4.79 Å². The number of rotatable bonds is 4. The molecule has 1 amide bonds. The van der Waals surface area contributed by atoms with Gasteiger partial charge in [0, 0.05) is 12.6 Å². The van der Waals surface area contributed by atoms with E-state index in [1.807, 2.05) is 43.3 Å². The number of pyridine rings is 1. The van der Waals surface area contributed by atoms with E-state index in [1.165, 1.54) is 4.90 Å². The Morgan fingerprint density at radius 3 is 2.48 bits per heavy atom. The second-order valence-corrected chi connectivity index (χ2v) is 5.14. The minimum Gasteiger partial charge on any atom is -0.394 e. The Kier molecular flexibility index (Phi) is 4.70. The van der Waals surface area contributed by atoms with Gasteiger partial charge in [-0.2, -0.15) is 0 Å². The van der Waals surface area contributed by atoms with Crippen molar-refractivity contribution >= 4 is 5.91 Å². The lowest BCUT2D eigenvalue weighted by molar-refractivity contribution is 0.0681. The fourth-order valence-electron chi connectivity index (χ4n) is 2.07. The van der Waals surface area contributed by atoms with E-state index >= 15 is 0 Å². The molecule has 1 N–H and O–H groups in total. The zero-order valence-corrected chi connectivity index (χ0v) is 12.6. The minimum absolute atomic E-state index is 0.0587. The number of hydrogen-bond acceptors (Lipinski definition) is 3. The molecule has 4 nitrogen and oxygen atoms in total. The third kappa shape index (κ3) is 3.28. The van der Waals surface area contributed by atoms with Crippen molar-refractivity contribution in [2.75, 3.05) is 13.7 Å². The Bertz CT molecular complexity index is 626. The van der Waals surface area contributed by atoms with Gasteiger partial charge in [-0.15, -0.1) is 0 Å². The van der Waals surface area contributed by atoms with E-state index < -0.39 is 0 Å². The lowest BCUT2D eigenvalue weighted by atomic mass is 10.1. The SMILES string of the molecule is Cc1nc(-c2ccccc2)ccc1C(=O)N(C)C(C)CO. The van der Waals surface area contributed by atoms with Gasteiger partial charge in [-0.05, 0) is 26.0 Å². The first-order valence-corrected chi connectivity index (χ1v) is 6.95. The molecule has 0 fully saturated rings. The number of hydrogen-bond donors (Lipinski definition) is 1. The number of likely N-dealkylation sites (N-methyl/N-ethyl adjacent to an activating group) is 1. The van der Waals surface area contributed by atoms with Gasteiger partial charge in [0.25, 0.3) is 5.91 Å². The fraction of sp³-hybridized carbons (Fsp3) is 0.294. The van der Waals surface area contributed by atoms with Gasteiger partial charge in [-0.25, -0.2) is 0 Å². The molecule has 0 spiro atoms. The largest absolute Gasteiger partial charge is 0.394 e. The molecule has 0 saturated carbocycles. The third-order valence-electron chi connectivity index (χ3n) is 3.63. The van der Waals surface area contributed by atoms with Crippen LogP contribution in [0.4, 0.5) is 0 Å². The number of benzene rings is 1. The molecule has 1 heterocycles. The van der Waals surface area contributed by atoms with Crippen LogP contribution >= 0.6 is 0 Å². The first kappa shape index (κ1) is 15.2. The van der Waals surface area contributed by atoms with E-state index in [4.69, 9.17) is 5.11 Å². The number of nitrogens with zero attached hydrogens (tertiary/aromatic N) is 2. The van der Waals surface area contributed by atoms with Gasteiger partial charge in [0.15, 0.2) is 0 Å². The summed E-state index contributed by atoms with van der Waals surface area (Å²) in [6.45, 7) is 3.58. The van der Waals surface area contributed by atoms with Gasteiger partial charge < -0.3 is 10.0 Å². The van der Waals surface area contributed by atoms with E-state index in [2.05, 4.69) is 4.98 Å². The van der Waals surface area contributed by atoms with E-state index in [0.717, 1.165) is 11.3 Å². The summed E-state index contributed by atoms with van der Waals surface area (Å²) in [5, 5.41) is 9.15. The van der Waals surface area contributed by atoms with Crippen molar-refractivity contribution in [3.05, 3.63) is 53.7 Å². The Morgan fingerprint density at radius 1 is 1.24 bits per heavy atom. The highest BCUT2D eigenvalue weighted by Gasteiger charge is 2.19. The van der Waals surface area contributed by atoms with Crippen molar-refractivity contribution in [1.29, 1.82) is 0 Å². The van der Waals surface area contributed by atoms with Crippen LogP contribution in [0.3, 0.4) is 0 Å². The number of carbonyl (C=O) groups is 1. The highest BCUT2D eigenvalue weighted by molar-refractivity contribution is 5.95. The fourth-order valence-corrected chi connectivity index (χ4v) is 2.07. The van der Waals surface area contributed by atoms with Gasteiger partial charge >= 0.3 is 0 Å². The summed E-state index contributed by atoms with van der Waals surface area (Å²) in [6.07, 6.45) is 0. The summed E-state index contributed by atoms with van der Waals surface area (Å²) in [5.74, 6) is -0.124. The molecule has 0 aliphatic rings. The molecule has 0 saturated heterocycles. The molecule has 2 rings (SSSR count). The zero-order valence-electron chi connectivity index (χ0n) is 12.6. The van der Waals surface area contributed by atoms with Crippen molar-refractivity contribution in [2.45, 2.75) is 19.9 Å². The van der Waals surface area contributed by atoms with Gasteiger partial charge in [0.1, 0.15) is 0 Å². The number of amides is 1. The van der Waals surface area contributed by atoms with Crippen LogP contribution in [0.1, 0.15) is 23.0 Å². The summed E-state index contributed by atoms with van der Waals surface area (Å²) in [7, 11) is 1.69. The van der Waals surface area contributed by atoms with Gasteiger partial charge in [0.2, 0.25) is 0 Å². The first-order valence-electron chi connectivity index (χ1n) is 6.95. The second-order valence-electron chi connectivity index (χ2n) is 5.14. The number of aliphatic hydroxyl groups excluding tert-OH is 1. The Hall–Kier alpha value is -2.20. The smallest absolute Gasteiger partial charge is 0.255 e. The van der Waals surface area contributed by atoms with Gasteiger partial charge in [0.05, 0.1) is 29.6 Å². The summed E-state index contributed by atoms with van der Waals surface area (Å²) >= 11 is 0. The van der Waals surface area contributed by atoms with Gasteiger partial charge in [-0.3, -0.25) is 9.78 Å². The van der Waals surface area contributed by atoms with Crippen molar-refractivity contribution < 1.29 is 9.90 Å². The number of aryl methyl sites for hydroxylation is 1. The van der Waals surface area contributed by atoms with E-state index in [-0.39, 0.29) is 18.6 Å². The summed E-state index contributed by atoms with van der Waals surface area (Å²) in [5.41, 5.74) is 3.13. The molecule has 0 bridgehead atoms. The Labute approximate surface area is 125 Å². The summed E-state index contributed by atoms with van der Waals surface area (Å²) < 4.78 is 0. The molecule has 0 aliphatic heterocycles. The average Bonchev–Trinajstić information content (AvgIpc) is 2.53. The molecule has 1 aromatic heterocycles. The van der Waals surface area contributed by atoms with Crippen molar-refractivity contribution in [2.24, 2.45) is 0 Å². The monoisotopic (exact) mass is 284 g/mol. The lowest BCUT2D eigenvalue weighted by Crippen LogP contribution is -2.37. The lowest BCUT2D eigenvalue weighted by Gasteiger charge is -2.23. The number of carbonyl (C=O) groups excluding carboxylic acids is 1. The number of aliphatic hydroxyl groups is 1. The first-order chi connectivity index (χ1) is 10.0. The zero-order chi connectivity index (χ0) is 15.4. The van der Waals surface area contributed by atoms with Crippen molar-refractivity contribution in [3.8, 4) is 11.3 Å². The average molecular weight is 284 g/mol. The molecular formula is C17H20N2O2. The van der Waals surface area contributed by atoms with Crippen LogP contribution in [0.5, 0.6) is 0 Å². The Morgan fingerprint density at radius 2 is 1.90 bits per heavy atom. The highest BCUT2D eigenvalue weighted by atomic mass is 16.3. The topological polar surface area (TPSA) is 53.4 Å². The number of aromatic nitrogens is 1. The maximum Gasteiger partial charge on any atom is 0.255 e. The Balaban J connectivity index is 2.30. The third-order valence-corrected chi connectivity index (χ3v) is 3.63.